The molecule has 0 bridgehead atoms. The van der Waals surface area contributed by atoms with E-state index in [4.69, 9.17) is 0 Å². The highest BCUT2D eigenvalue weighted by Crippen LogP contribution is 2.40. The summed E-state index contributed by atoms with van der Waals surface area (Å²) in [7, 11) is 0. The number of hydrogen-bond donors (Lipinski definition) is 2. The fraction of sp³-hybridized carbons (Fsp3) is 0.947. The molecule has 2 fully saturated rings. The number of hydrogen-bond acceptors (Lipinski definition) is 3. The minimum absolute atomic E-state index is 0.105. The predicted molar refractivity (Wildman–Crippen MR) is 96.8 cm³/mol. The van der Waals surface area contributed by atoms with Gasteiger partial charge < -0.3 is 5.32 Å². The van der Waals surface area contributed by atoms with Crippen LogP contribution in [0.5, 0.6) is 0 Å². The second-order valence-electron chi connectivity index (χ2n) is 9.20. The van der Waals surface area contributed by atoms with Crippen LogP contribution >= 0.6 is 0 Å². The number of Topliss-reactive ketones (excluding diaryl/α,β-unsaturated/α-hetero) is 1. The molecule has 2 aliphatic heterocycles. The van der Waals surface area contributed by atoms with Crippen molar-refractivity contribution < 1.29 is 9.66 Å². The summed E-state index contributed by atoms with van der Waals surface area (Å²) in [5.41, 5.74) is 2.00. The fourth-order valence-electron chi connectivity index (χ4n) is 4.96. The largest absolute Gasteiger partial charge is 0.307 e. The van der Waals surface area contributed by atoms with Gasteiger partial charge in [-0.05, 0) is 34.1 Å². The minimum Gasteiger partial charge on any atom is -0.307 e. The van der Waals surface area contributed by atoms with Crippen LogP contribution in [0.1, 0.15) is 92.4 Å². The molecule has 0 aromatic rings. The zero-order valence-electron chi connectivity index (χ0n) is 16.2. The first-order chi connectivity index (χ1) is 11.1. The van der Waals surface area contributed by atoms with Gasteiger partial charge in [0.05, 0.1) is 4.91 Å². The van der Waals surface area contributed by atoms with Crippen molar-refractivity contribution in [2.75, 3.05) is 0 Å². The van der Waals surface area contributed by atoms with Crippen LogP contribution in [0.2, 0.25) is 0 Å². The molecule has 1 spiro atoms. The summed E-state index contributed by atoms with van der Waals surface area (Å²) in [5.74, 6) is 0.105. The van der Waals surface area contributed by atoms with Crippen LogP contribution in [-0.2, 0) is 4.79 Å². The van der Waals surface area contributed by atoms with Gasteiger partial charge in [0.25, 0.3) is 6.04 Å². The molecule has 5 heteroatoms. The van der Waals surface area contributed by atoms with E-state index in [0.29, 0.717) is 19.3 Å². The highest BCUT2D eigenvalue weighted by atomic mass is 16.3. The summed E-state index contributed by atoms with van der Waals surface area (Å²) >= 11 is 0. The quantitative estimate of drug-likeness (QED) is 0.549. The average Bonchev–Trinajstić information content (AvgIpc) is 2.62. The number of piperidine rings is 1. The van der Waals surface area contributed by atoms with Gasteiger partial charge in [0, 0.05) is 30.3 Å². The maximum absolute atomic E-state index is 13.1. The maximum Gasteiger partial charge on any atom is 0.294 e. The molecule has 2 aliphatic rings. The van der Waals surface area contributed by atoms with Crippen molar-refractivity contribution in [3.05, 3.63) is 4.91 Å². The Hall–Kier alpha value is -0.970. The number of nitrogens with zero attached hydrogens (tertiary/aromatic N) is 1. The van der Waals surface area contributed by atoms with E-state index in [1.54, 1.807) is 0 Å². The molecule has 0 saturated carbocycles. The Kier molecular flexibility index (Phi) is 5.73. The van der Waals surface area contributed by atoms with E-state index in [1.807, 2.05) is 0 Å². The lowest BCUT2D eigenvalue weighted by molar-refractivity contribution is -0.621. The van der Waals surface area contributed by atoms with Gasteiger partial charge in [-0.3, -0.25) is 4.79 Å². The van der Waals surface area contributed by atoms with Gasteiger partial charge in [-0.25, -0.2) is 0 Å². The lowest BCUT2D eigenvalue weighted by atomic mass is 9.68. The van der Waals surface area contributed by atoms with Crippen molar-refractivity contribution in [1.82, 2.24) is 10.7 Å². The van der Waals surface area contributed by atoms with Crippen molar-refractivity contribution in [3.8, 4) is 0 Å². The molecule has 138 valence electrons. The number of rotatable bonds is 7. The molecular formula is C19H36N3O2+. The Morgan fingerprint density at radius 2 is 1.54 bits per heavy atom. The number of ketones is 1. The van der Waals surface area contributed by atoms with E-state index < -0.39 is 11.6 Å². The Bertz CT molecular complexity index is 469. The van der Waals surface area contributed by atoms with E-state index >= 15 is 0 Å². The number of nitrogens with one attached hydrogen (secondary N) is 2. The molecular weight excluding hydrogens is 302 g/mol. The highest BCUT2D eigenvalue weighted by Gasteiger charge is 2.64. The Morgan fingerprint density at radius 1 is 1.00 bits per heavy atom. The first-order valence-corrected chi connectivity index (χ1v) is 9.69. The summed E-state index contributed by atoms with van der Waals surface area (Å²) in [6.45, 7) is 10.7. The van der Waals surface area contributed by atoms with Crippen molar-refractivity contribution in [2.45, 2.75) is 115 Å². The monoisotopic (exact) mass is 338 g/mol. The summed E-state index contributed by atoms with van der Waals surface area (Å²) in [6.07, 6.45) is 9.05. The van der Waals surface area contributed by atoms with Crippen molar-refractivity contribution in [3.63, 3.8) is 0 Å². The molecule has 1 unspecified atom stereocenters. The van der Waals surface area contributed by atoms with Gasteiger partial charge in [0.1, 0.15) is 4.87 Å². The molecule has 0 amide bonds. The molecule has 2 saturated heterocycles. The van der Waals surface area contributed by atoms with E-state index in [9.17, 15) is 9.70 Å². The minimum atomic E-state index is -0.702. The van der Waals surface area contributed by atoms with Crippen molar-refractivity contribution in [2.24, 2.45) is 0 Å². The first kappa shape index (κ1) is 19.4. The number of carbonyl (C=O) groups is 1. The number of carbonyl (C=O) groups excluding carboxylic acids is 1. The molecule has 2 heterocycles. The Labute approximate surface area is 146 Å². The fourth-order valence-corrected chi connectivity index (χ4v) is 4.96. The maximum atomic E-state index is 13.1. The van der Waals surface area contributed by atoms with E-state index in [2.05, 4.69) is 45.4 Å². The standard InChI is InChI=1S/C19H36N3O2/c1-6-7-8-9-10-11-12-15-16(23)19(21-22(15)24)13-17(2,3)20-18(4,5)14-19/h15,20H,6-14H2,1-5H3,(H,21,24)/q+1. The van der Waals surface area contributed by atoms with Crippen LogP contribution in [0, 0.1) is 4.91 Å². The predicted octanol–water partition coefficient (Wildman–Crippen LogP) is 3.65. The smallest absolute Gasteiger partial charge is 0.294 e. The summed E-state index contributed by atoms with van der Waals surface area (Å²) in [5, 5.41) is 3.59. The summed E-state index contributed by atoms with van der Waals surface area (Å²) < 4.78 is 0. The molecule has 5 nitrogen and oxygen atoms in total. The highest BCUT2D eigenvalue weighted by molar-refractivity contribution is 5.93. The van der Waals surface area contributed by atoms with Crippen LogP contribution in [0.3, 0.4) is 0 Å². The first-order valence-electron chi connectivity index (χ1n) is 9.69. The van der Waals surface area contributed by atoms with Gasteiger partial charge in [0.15, 0.2) is 5.54 Å². The third-order valence-electron chi connectivity index (χ3n) is 5.38. The van der Waals surface area contributed by atoms with Crippen LogP contribution < -0.4 is 10.7 Å². The Balaban J connectivity index is 1.98. The molecule has 1 atom stereocenters. The molecule has 0 aliphatic carbocycles. The molecule has 0 aromatic carbocycles. The van der Waals surface area contributed by atoms with Gasteiger partial charge in [-0.2, -0.15) is 0 Å². The third-order valence-corrected chi connectivity index (χ3v) is 5.38. The van der Waals surface area contributed by atoms with Crippen LogP contribution in [0.25, 0.3) is 0 Å². The summed E-state index contributed by atoms with van der Waals surface area (Å²) in [4.78, 5) is 26.4. The molecule has 2 N–H and O–H groups in total. The van der Waals surface area contributed by atoms with E-state index in [-0.39, 0.29) is 16.9 Å². The average molecular weight is 339 g/mol. The van der Waals surface area contributed by atoms with Gasteiger partial charge in [-0.15, -0.1) is 5.43 Å². The SMILES string of the molecule is CCCCCCCCC1C(=O)C2(CC(C)(C)NC(C)(C)C2)N[N+]1=O. The zero-order valence-corrected chi connectivity index (χ0v) is 16.2. The van der Waals surface area contributed by atoms with Crippen molar-refractivity contribution >= 4 is 5.78 Å². The zero-order chi connectivity index (χ0) is 18.0. The van der Waals surface area contributed by atoms with Gasteiger partial charge >= 0.3 is 0 Å². The van der Waals surface area contributed by atoms with Gasteiger partial charge in [0.2, 0.25) is 5.78 Å². The van der Waals surface area contributed by atoms with Crippen LogP contribution in [-0.4, -0.2) is 33.3 Å². The topological polar surface area (TPSA) is 61.2 Å². The van der Waals surface area contributed by atoms with E-state index in [1.165, 1.54) is 25.7 Å². The van der Waals surface area contributed by atoms with Crippen molar-refractivity contribution in [1.29, 1.82) is 0 Å². The van der Waals surface area contributed by atoms with E-state index in [0.717, 1.165) is 17.7 Å². The van der Waals surface area contributed by atoms with Crippen LogP contribution in [0.4, 0.5) is 0 Å². The Morgan fingerprint density at radius 3 is 2.12 bits per heavy atom. The summed E-state index contributed by atoms with van der Waals surface area (Å²) in [6, 6.07) is -0.513. The molecule has 0 aromatic heterocycles. The second kappa shape index (κ2) is 7.11. The molecule has 0 radical (unpaired) electrons. The van der Waals surface area contributed by atoms with Crippen LogP contribution in [0.15, 0.2) is 0 Å². The number of nitroso groups, excluding NO2 is 1. The van der Waals surface area contributed by atoms with Gasteiger partial charge in [-0.1, -0.05) is 39.0 Å². The second-order valence-corrected chi connectivity index (χ2v) is 9.20. The number of unbranched alkanes of at least 4 members (excludes halogenated alkanes) is 5. The lowest BCUT2D eigenvalue weighted by Gasteiger charge is -2.48. The molecule has 2 rings (SSSR count). The molecule has 24 heavy (non-hydrogen) atoms. The number of hydrazine groups is 1. The lowest BCUT2D eigenvalue weighted by Crippen LogP contribution is -2.68. The third kappa shape index (κ3) is 4.35. The normalized spacial score (nSPS) is 27.5.